The summed E-state index contributed by atoms with van der Waals surface area (Å²) in [6.07, 6.45) is 3.80. The lowest BCUT2D eigenvalue weighted by molar-refractivity contribution is -0.119. The van der Waals surface area contributed by atoms with Crippen molar-refractivity contribution in [3.8, 4) is 0 Å². The van der Waals surface area contributed by atoms with Crippen LogP contribution in [-0.4, -0.2) is 26.9 Å². The molecule has 1 aliphatic heterocycles. The van der Waals surface area contributed by atoms with Gasteiger partial charge in [0.15, 0.2) is 0 Å². The molecule has 0 unspecified atom stereocenters. The summed E-state index contributed by atoms with van der Waals surface area (Å²) in [6.45, 7) is 1.39. The minimum absolute atomic E-state index is 0.289. The number of hydrogen-bond donors (Lipinski definition) is 1. The molecule has 3 heterocycles. The summed E-state index contributed by atoms with van der Waals surface area (Å²) in [5.74, 6) is -1.15. The maximum atomic E-state index is 14.3. The third-order valence-electron chi connectivity index (χ3n) is 6.87. The lowest BCUT2D eigenvalue weighted by Crippen LogP contribution is -2.32. The molecule has 0 fully saturated rings. The summed E-state index contributed by atoms with van der Waals surface area (Å²) in [6, 6.07) is 22.5. The second-order valence-electron chi connectivity index (χ2n) is 9.24. The maximum absolute atomic E-state index is 14.3. The van der Waals surface area contributed by atoms with Crippen molar-refractivity contribution in [3.05, 3.63) is 96.3 Å². The van der Waals surface area contributed by atoms with Crippen LogP contribution in [0.1, 0.15) is 18.1 Å². The fourth-order valence-electron chi connectivity index (χ4n) is 5.29. The van der Waals surface area contributed by atoms with Crippen LogP contribution in [0, 0.1) is 0 Å². The van der Waals surface area contributed by atoms with Gasteiger partial charge in [0.2, 0.25) is 5.91 Å². The summed E-state index contributed by atoms with van der Waals surface area (Å²) in [5.41, 5.74) is 4.72. The van der Waals surface area contributed by atoms with E-state index in [1.807, 2.05) is 84.2 Å². The first kappa shape index (κ1) is 22.5. The van der Waals surface area contributed by atoms with Gasteiger partial charge in [-0.1, -0.05) is 48.5 Å². The quantitative estimate of drug-likeness (QED) is 0.357. The normalized spacial score (nSPS) is 13.9. The molecular weight excluding hydrogens is 464 g/mol. The molecule has 1 N–H and O–H groups in total. The molecule has 5 aromatic rings. The smallest absolute Gasteiger partial charge is 0.266 e. The van der Waals surface area contributed by atoms with E-state index >= 15 is 0 Å². The van der Waals surface area contributed by atoms with E-state index in [-0.39, 0.29) is 5.91 Å². The molecule has 0 spiro atoms. The third-order valence-corrected chi connectivity index (χ3v) is 6.87. The largest absolute Gasteiger partial charge is 0.350 e. The molecule has 1 aliphatic rings. The van der Waals surface area contributed by atoms with Gasteiger partial charge in [0.05, 0.1) is 22.5 Å². The van der Waals surface area contributed by atoms with Gasteiger partial charge in [-0.15, -0.1) is 0 Å². The average molecular weight is 489 g/mol. The molecule has 6 rings (SSSR count). The summed E-state index contributed by atoms with van der Waals surface area (Å²) in [5, 5.41) is 4.53. The van der Waals surface area contributed by atoms with E-state index in [2.05, 4.69) is 5.32 Å². The lowest BCUT2D eigenvalue weighted by Gasteiger charge is -2.19. The fraction of sp³-hybridized carbons (Fsp3) is 0.100. The predicted octanol–water partition coefficient (Wildman–Crippen LogP) is 5.11. The molecule has 2 aromatic heterocycles. The first-order valence-corrected chi connectivity index (χ1v) is 12.0. The van der Waals surface area contributed by atoms with Crippen molar-refractivity contribution >= 4 is 62.0 Å². The zero-order valence-corrected chi connectivity index (χ0v) is 20.6. The highest BCUT2D eigenvalue weighted by Crippen LogP contribution is 2.44. The molecule has 0 bridgehead atoms. The van der Waals surface area contributed by atoms with Crippen LogP contribution in [0.5, 0.6) is 0 Å². The van der Waals surface area contributed by atoms with Gasteiger partial charge >= 0.3 is 0 Å². The van der Waals surface area contributed by atoms with Crippen LogP contribution in [0.2, 0.25) is 0 Å². The van der Waals surface area contributed by atoms with E-state index in [0.717, 1.165) is 21.8 Å². The zero-order chi connectivity index (χ0) is 25.8. The Bertz CT molecular complexity index is 1700. The van der Waals surface area contributed by atoms with Gasteiger partial charge < -0.3 is 14.5 Å². The first-order valence-electron chi connectivity index (χ1n) is 12.0. The molecule has 0 radical (unpaired) electrons. The van der Waals surface area contributed by atoms with Crippen molar-refractivity contribution in [3.63, 3.8) is 0 Å². The van der Waals surface area contributed by atoms with Gasteiger partial charge in [-0.25, -0.2) is 4.90 Å². The Morgan fingerprint density at radius 1 is 0.676 bits per heavy atom. The minimum Gasteiger partial charge on any atom is -0.350 e. The highest BCUT2D eigenvalue weighted by atomic mass is 16.2. The van der Waals surface area contributed by atoms with Gasteiger partial charge in [0, 0.05) is 66.3 Å². The van der Waals surface area contributed by atoms with Gasteiger partial charge in [0.1, 0.15) is 0 Å². The molecule has 7 heteroatoms. The highest BCUT2D eigenvalue weighted by molar-refractivity contribution is 6.58. The van der Waals surface area contributed by atoms with Gasteiger partial charge in [-0.3, -0.25) is 14.4 Å². The van der Waals surface area contributed by atoms with Crippen LogP contribution in [0.25, 0.3) is 33.0 Å². The standard InChI is InChI=1S/C30H24N4O3/c1-18(35)31-23-12-6-9-15-26(23)34-29(36)27(21-16-32(2)24-13-7-4-10-19(21)24)28(30(34)37)22-17-33(3)25-14-8-5-11-20(22)25/h4-17H,1-3H3,(H,31,35). The van der Waals surface area contributed by atoms with E-state index in [4.69, 9.17) is 0 Å². The SMILES string of the molecule is CC(=O)Nc1ccccc1N1C(=O)C(c2cn(C)c3ccccc23)=C(c2cn(C)c3ccccc23)C1=O. The Kier molecular flexibility index (Phi) is 5.08. The van der Waals surface area contributed by atoms with Crippen LogP contribution in [0.4, 0.5) is 11.4 Å². The number of rotatable bonds is 4. The summed E-state index contributed by atoms with van der Waals surface area (Å²) in [4.78, 5) is 41.6. The second-order valence-corrected chi connectivity index (χ2v) is 9.24. The zero-order valence-electron chi connectivity index (χ0n) is 20.6. The minimum atomic E-state index is -0.429. The third kappa shape index (κ3) is 3.39. The van der Waals surface area contributed by atoms with E-state index in [0.29, 0.717) is 33.6 Å². The molecule has 7 nitrogen and oxygen atoms in total. The topological polar surface area (TPSA) is 76.3 Å². The summed E-state index contributed by atoms with van der Waals surface area (Å²) in [7, 11) is 3.85. The van der Waals surface area contributed by atoms with Crippen LogP contribution in [0.15, 0.2) is 85.2 Å². The van der Waals surface area contributed by atoms with Crippen LogP contribution in [-0.2, 0) is 28.5 Å². The number of nitrogens with one attached hydrogen (secondary N) is 1. The number of anilines is 2. The van der Waals surface area contributed by atoms with Crippen molar-refractivity contribution < 1.29 is 14.4 Å². The monoisotopic (exact) mass is 488 g/mol. The number of carbonyl (C=O) groups is 3. The Morgan fingerprint density at radius 2 is 1.14 bits per heavy atom. The molecule has 0 saturated carbocycles. The number of aryl methyl sites for hydroxylation is 2. The average Bonchev–Trinajstić information content (AvgIpc) is 3.48. The molecule has 0 atom stereocenters. The van der Waals surface area contributed by atoms with Gasteiger partial charge in [0.25, 0.3) is 11.8 Å². The summed E-state index contributed by atoms with van der Waals surface area (Å²) >= 11 is 0. The highest BCUT2D eigenvalue weighted by Gasteiger charge is 2.43. The van der Waals surface area contributed by atoms with Crippen molar-refractivity contribution in [2.24, 2.45) is 14.1 Å². The number of imide groups is 1. The predicted molar refractivity (Wildman–Crippen MR) is 146 cm³/mol. The van der Waals surface area contributed by atoms with E-state index < -0.39 is 11.8 Å². The molecule has 37 heavy (non-hydrogen) atoms. The van der Waals surface area contributed by atoms with Crippen LogP contribution >= 0.6 is 0 Å². The molecule has 182 valence electrons. The van der Waals surface area contributed by atoms with E-state index in [1.165, 1.54) is 11.8 Å². The first-order chi connectivity index (χ1) is 17.9. The number of nitrogens with zero attached hydrogens (tertiary/aromatic N) is 3. The lowest BCUT2D eigenvalue weighted by atomic mass is 9.95. The Labute approximate surface area is 213 Å². The van der Waals surface area contributed by atoms with Crippen molar-refractivity contribution in [2.45, 2.75) is 6.92 Å². The molecular formula is C30H24N4O3. The molecule has 0 aliphatic carbocycles. The number of aromatic nitrogens is 2. The molecule has 3 aromatic carbocycles. The number of fused-ring (bicyclic) bond motifs is 2. The number of hydrogen-bond acceptors (Lipinski definition) is 3. The Morgan fingerprint density at radius 3 is 1.65 bits per heavy atom. The van der Waals surface area contributed by atoms with Crippen LogP contribution in [0.3, 0.4) is 0 Å². The fourth-order valence-corrected chi connectivity index (χ4v) is 5.29. The second kappa shape index (κ2) is 8.34. The Hall–Kier alpha value is -4.91. The Balaban J connectivity index is 1.66. The number of amides is 3. The van der Waals surface area contributed by atoms with Crippen LogP contribution < -0.4 is 10.2 Å². The van der Waals surface area contributed by atoms with E-state index in [9.17, 15) is 14.4 Å². The maximum Gasteiger partial charge on any atom is 0.266 e. The van der Waals surface area contributed by atoms with E-state index in [1.54, 1.807) is 24.3 Å². The van der Waals surface area contributed by atoms with Crippen molar-refractivity contribution in [1.82, 2.24) is 9.13 Å². The summed E-state index contributed by atoms with van der Waals surface area (Å²) < 4.78 is 3.92. The van der Waals surface area contributed by atoms with Gasteiger partial charge in [-0.05, 0) is 24.3 Å². The number of carbonyl (C=O) groups excluding carboxylic acids is 3. The van der Waals surface area contributed by atoms with Crippen molar-refractivity contribution in [2.75, 3.05) is 10.2 Å². The molecule has 3 amide bonds. The van der Waals surface area contributed by atoms with Crippen molar-refractivity contribution in [1.29, 1.82) is 0 Å². The van der Waals surface area contributed by atoms with Gasteiger partial charge in [-0.2, -0.15) is 0 Å². The molecule has 0 saturated heterocycles. The number of benzene rings is 3. The number of para-hydroxylation sites is 4.